The Balaban J connectivity index is 1.71. The number of hydrogen-bond acceptors (Lipinski definition) is 8. The predicted octanol–water partition coefficient (Wildman–Crippen LogP) is 2.65. The van der Waals surface area contributed by atoms with Gasteiger partial charge in [0.2, 0.25) is 11.8 Å². The number of H-pyrrole nitrogens is 1. The van der Waals surface area contributed by atoms with E-state index < -0.39 is 23.2 Å². The van der Waals surface area contributed by atoms with Gasteiger partial charge in [-0.3, -0.25) is 9.59 Å². The molecule has 0 saturated heterocycles. The molecule has 1 aromatic carbocycles. The minimum Gasteiger partial charge on any atom is -0.420 e. The Hall–Kier alpha value is -3.60. The molecule has 0 saturated carbocycles. The van der Waals surface area contributed by atoms with Crippen LogP contribution in [0.15, 0.2) is 38.3 Å². The highest BCUT2D eigenvalue weighted by Crippen LogP contribution is 2.32. The van der Waals surface area contributed by atoms with Crippen LogP contribution in [0.3, 0.4) is 0 Å². The second-order valence-electron chi connectivity index (χ2n) is 7.39. The monoisotopic (exact) mass is 440 g/mol. The molecule has 1 atom stereocenters. The van der Waals surface area contributed by atoms with Crippen molar-refractivity contribution in [3.63, 3.8) is 0 Å². The van der Waals surface area contributed by atoms with Crippen molar-refractivity contribution in [2.24, 2.45) is 5.92 Å². The van der Waals surface area contributed by atoms with Gasteiger partial charge in [0.1, 0.15) is 10.9 Å². The number of para-hydroxylation sites is 1. The van der Waals surface area contributed by atoms with Crippen LogP contribution in [0.2, 0.25) is 0 Å². The molecule has 160 valence electrons. The maximum atomic E-state index is 13.1. The van der Waals surface area contributed by atoms with Crippen molar-refractivity contribution >= 4 is 33.3 Å². The first kappa shape index (κ1) is 20.7. The molecule has 3 aromatic heterocycles. The fourth-order valence-corrected chi connectivity index (χ4v) is 4.25. The number of thiazole rings is 1. The zero-order valence-corrected chi connectivity index (χ0v) is 18.1. The third kappa shape index (κ3) is 3.79. The molecule has 0 aliphatic heterocycles. The minimum atomic E-state index is -1.03. The van der Waals surface area contributed by atoms with Gasteiger partial charge in [-0.05, 0) is 25.0 Å². The maximum Gasteiger partial charge on any atom is 0.329 e. The van der Waals surface area contributed by atoms with Gasteiger partial charge in [-0.25, -0.2) is 14.3 Å². The highest BCUT2D eigenvalue weighted by Gasteiger charge is 2.29. The fraction of sp³-hybridized carbons (Fsp3) is 0.300. The van der Waals surface area contributed by atoms with Gasteiger partial charge in [0.25, 0.3) is 11.4 Å². The SMILES string of the molecule is Cc1nnc(-c2sc(NC(=O)[C@H](C(C)C)n3c(=O)[nH]c4ccccc4c3=O)nc2C)o1. The van der Waals surface area contributed by atoms with Crippen LogP contribution < -0.4 is 16.6 Å². The summed E-state index contributed by atoms with van der Waals surface area (Å²) < 4.78 is 6.40. The maximum absolute atomic E-state index is 13.1. The standard InChI is InChI=1S/C20H20N6O4S/c1-9(2)14(26-18(28)12-7-5-6-8-13(12)22-20(26)29)16(27)23-19-21-10(3)15(31-19)17-25-24-11(4)30-17/h5-9,14H,1-4H3,(H,22,29)(H,21,23,27)/t14-/m0/s1. The van der Waals surface area contributed by atoms with Crippen LogP contribution in [0.5, 0.6) is 0 Å². The van der Waals surface area contributed by atoms with Gasteiger partial charge < -0.3 is 14.7 Å². The second kappa shape index (κ2) is 7.91. The molecule has 3 heterocycles. The second-order valence-corrected chi connectivity index (χ2v) is 8.39. The lowest BCUT2D eigenvalue weighted by molar-refractivity contribution is -0.120. The lowest BCUT2D eigenvalue weighted by Crippen LogP contribution is -2.44. The summed E-state index contributed by atoms with van der Waals surface area (Å²) in [6.45, 7) is 6.98. The van der Waals surface area contributed by atoms with Gasteiger partial charge in [-0.2, -0.15) is 0 Å². The quantitative estimate of drug-likeness (QED) is 0.487. The van der Waals surface area contributed by atoms with Crippen molar-refractivity contribution in [1.29, 1.82) is 0 Å². The van der Waals surface area contributed by atoms with E-state index in [1.807, 2.05) is 0 Å². The Morgan fingerprint density at radius 2 is 1.94 bits per heavy atom. The number of nitrogens with one attached hydrogen (secondary N) is 2. The minimum absolute atomic E-state index is 0.310. The number of benzene rings is 1. The van der Waals surface area contributed by atoms with Crippen LogP contribution in [0.1, 0.15) is 31.5 Å². The molecule has 31 heavy (non-hydrogen) atoms. The number of aromatic amines is 1. The molecule has 0 aliphatic rings. The van der Waals surface area contributed by atoms with E-state index in [1.54, 1.807) is 52.0 Å². The van der Waals surface area contributed by atoms with E-state index in [-0.39, 0.29) is 5.92 Å². The molecule has 2 N–H and O–H groups in total. The summed E-state index contributed by atoms with van der Waals surface area (Å²) in [4.78, 5) is 46.5. The topological polar surface area (TPSA) is 136 Å². The van der Waals surface area contributed by atoms with E-state index in [4.69, 9.17) is 4.42 Å². The number of carbonyl (C=O) groups excluding carboxylic acids is 1. The molecule has 4 aromatic rings. The normalized spacial score (nSPS) is 12.4. The van der Waals surface area contributed by atoms with Crippen molar-refractivity contribution < 1.29 is 9.21 Å². The molecule has 11 heteroatoms. The number of amides is 1. The highest BCUT2D eigenvalue weighted by molar-refractivity contribution is 7.19. The first-order valence-electron chi connectivity index (χ1n) is 9.58. The fourth-order valence-electron chi connectivity index (χ4n) is 3.36. The molecule has 0 aliphatic carbocycles. The molecular weight excluding hydrogens is 420 g/mol. The van der Waals surface area contributed by atoms with Crippen LogP contribution in [0.4, 0.5) is 5.13 Å². The van der Waals surface area contributed by atoms with Gasteiger partial charge in [0, 0.05) is 6.92 Å². The summed E-state index contributed by atoms with van der Waals surface area (Å²) >= 11 is 1.18. The Kier molecular flexibility index (Phi) is 5.27. The van der Waals surface area contributed by atoms with E-state index in [0.717, 1.165) is 4.57 Å². The third-order valence-corrected chi connectivity index (χ3v) is 5.82. The first-order chi connectivity index (χ1) is 14.8. The number of nitrogens with zero attached hydrogens (tertiary/aromatic N) is 4. The molecule has 0 spiro atoms. The lowest BCUT2D eigenvalue weighted by Gasteiger charge is -2.21. The first-order valence-corrected chi connectivity index (χ1v) is 10.4. The third-order valence-electron chi connectivity index (χ3n) is 4.76. The van der Waals surface area contributed by atoms with Crippen LogP contribution in [0, 0.1) is 19.8 Å². The largest absolute Gasteiger partial charge is 0.420 e. The molecule has 0 bridgehead atoms. The number of hydrogen-bond donors (Lipinski definition) is 2. The van der Waals surface area contributed by atoms with Crippen LogP contribution in [-0.4, -0.2) is 30.6 Å². The number of aryl methyl sites for hydroxylation is 2. The van der Waals surface area contributed by atoms with E-state index >= 15 is 0 Å². The molecular formula is C20H20N6O4S. The average molecular weight is 440 g/mol. The van der Waals surface area contributed by atoms with Crippen molar-refractivity contribution in [2.45, 2.75) is 33.7 Å². The molecule has 10 nitrogen and oxygen atoms in total. The van der Waals surface area contributed by atoms with Gasteiger partial charge in [-0.15, -0.1) is 10.2 Å². The average Bonchev–Trinajstić information content (AvgIpc) is 3.29. The van der Waals surface area contributed by atoms with Gasteiger partial charge in [0.05, 0.1) is 16.6 Å². The lowest BCUT2D eigenvalue weighted by atomic mass is 10.0. The summed E-state index contributed by atoms with van der Waals surface area (Å²) in [6.07, 6.45) is 0. The molecule has 1 amide bonds. The Bertz CT molecular complexity index is 1400. The van der Waals surface area contributed by atoms with E-state index in [1.165, 1.54) is 11.3 Å². The van der Waals surface area contributed by atoms with Crippen LogP contribution in [-0.2, 0) is 4.79 Å². The smallest absolute Gasteiger partial charge is 0.329 e. The van der Waals surface area contributed by atoms with E-state index in [0.29, 0.717) is 38.4 Å². The van der Waals surface area contributed by atoms with E-state index in [9.17, 15) is 14.4 Å². The molecule has 0 fully saturated rings. The van der Waals surface area contributed by atoms with Crippen molar-refractivity contribution in [2.75, 3.05) is 5.32 Å². The number of fused-ring (bicyclic) bond motifs is 1. The zero-order valence-electron chi connectivity index (χ0n) is 17.3. The van der Waals surface area contributed by atoms with Crippen LogP contribution >= 0.6 is 11.3 Å². The summed E-state index contributed by atoms with van der Waals surface area (Å²) in [5.41, 5.74) is -0.127. The van der Waals surface area contributed by atoms with Crippen molar-refractivity contribution in [3.05, 3.63) is 56.7 Å². The van der Waals surface area contributed by atoms with Gasteiger partial charge >= 0.3 is 5.69 Å². The zero-order chi connectivity index (χ0) is 22.3. The van der Waals surface area contributed by atoms with E-state index in [2.05, 4.69) is 25.5 Å². The summed E-state index contributed by atoms with van der Waals surface area (Å²) in [5.74, 6) is -0.113. The van der Waals surface area contributed by atoms with Crippen molar-refractivity contribution in [1.82, 2.24) is 24.7 Å². The Morgan fingerprint density at radius 3 is 2.61 bits per heavy atom. The summed E-state index contributed by atoms with van der Waals surface area (Å²) in [6, 6.07) is 5.66. The summed E-state index contributed by atoms with van der Waals surface area (Å²) in [5, 5.41) is 11.2. The Morgan fingerprint density at radius 1 is 1.19 bits per heavy atom. The predicted molar refractivity (Wildman–Crippen MR) is 116 cm³/mol. The molecule has 4 rings (SSSR count). The van der Waals surface area contributed by atoms with Gasteiger partial charge in [-0.1, -0.05) is 37.3 Å². The number of carbonyl (C=O) groups is 1. The van der Waals surface area contributed by atoms with Crippen LogP contribution in [0.25, 0.3) is 21.7 Å². The molecule has 0 radical (unpaired) electrons. The number of aromatic nitrogens is 5. The summed E-state index contributed by atoms with van der Waals surface area (Å²) in [7, 11) is 0. The molecule has 0 unspecified atom stereocenters. The van der Waals surface area contributed by atoms with Crippen molar-refractivity contribution in [3.8, 4) is 10.8 Å². The number of anilines is 1. The highest BCUT2D eigenvalue weighted by atomic mass is 32.1. The Labute approximate surface area is 180 Å². The van der Waals surface area contributed by atoms with Gasteiger partial charge in [0.15, 0.2) is 5.13 Å². The number of rotatable bonds is 5.